The topological polar surface area (TPSA) is 72.2 Å². The van der Waals surface area contributed by atoms with E-state index in [1.807, 2.05) is 0 Å². The second-order valence-corrected chi connectivity index (χ2v) is 6.55. The number of nitrogens with two attached hydrogens (primary N) is 1. The fourth-order valence-corrected chi connectivity index (χ4v) is 3.26. The van der Waals surface area contributed by atoms with E-state index >= 15 is 0 Å². The number of anilines is 1. The number of sulfonamides is 1. The van der Waals surface area contributed by atoms with E-state index in [9.17, 15) is 12.8 Å². The molecule has 0 fully saturated rings. The standard InChI is InChI=1S/C14H13FN2O2S2/c1-9-7-11(15)5-6-13(9)21(18,19)17-12-4-2-3-10(8-12)14(16)20/h2-8,17H,1H3,(H2,16,20). The van der Waals surface area contributed by atoms with Crippen LogP contribution in [0.15, 0.2) is 47.4 Å². The van der Waals surface area contributed by atoms with Crippen LogP contribution in [0, 0.1) is 12.7 Å². The molecule has 0 spiro atoms. The van der Waals surface area contributed by atoms with Gasteiger partial charge in [-0.05, 0) is 42.8 Å². The van der Waals surface area contributed by atoms with Crippen molar-refractivity contribution in [3.05, 3.63) is 59.4 Å². The Morgan fingerprint density at radius 3 is 2.57 bits per heavy atom. The minimum absolute atomic E-state index is 0.0182. The van der Waals surface area contributed by atoms with Crippen molar-refractivity contribution in [3.8, 4) is 0 Å². The molecule has 2 aromatic rings. The smallest absolute Gasteiger partial charge is 0.262 e. The first-order valence-corrected chi connectivity index (χ1v) is 7.87. The molecular weight excluding hydrogens is 311 g/mol. The summed E-state index contributed by atoms with van der Waals surface area (Å²) in [6.45, 7) is 1.53. The maximum absolute atomic E-state index is 13.1. The number of hydrogen-bond acceptors (Lipinski definition) is 3. The van der Waals surface area contributed by atoms with Gasteiger partial charge >= 0.3 is 0 Å². The summed E-state index contributed by atoms with van der Waals surface area (Å²) in [6.07, 6.45) is 0. The van der Waals surface area contributed by atoms with Gasteiger partial charge < -0.3 is 5.73 Å². The third kappa shape index (κ3) is 3.56. The van der Waals surface area contributed by atoms with Gasteiger partial charge in [-0.25, -0.2) is 12.8 Å². The van der Waals surface area contributed by atoms with Crippen LogP contribution < -0.4 is 10.5 Å². The van der Waals surface area contributed by atoms with Crippen LogP contribution in [0.1, 0.15) is 11.1 Å². The maximum Gasteiger partial charge on any atom is 0.262 e. The molecular formula is C14H13FN2O2S2. The predicted molar refractivity (Wildman–Crippen MR) is 84.3 cm³/mol. The van der Waals surface area contributed by atoms with Crippen LogP contribution >= 0.6 is 12.2 Å². The third-order valence-electron chi connectivity index (χ3n) is 2.83. The summed E-state index contributed by atoms with van der Waals surface area (Å²) in [5, 5.41) is 0. The van der Waals surface area contributed by atoms with Crippen LogP contribution in [0.25, 0.3) is 0 Å². The molecule has 0 heterocycles. The Hall–Kier alpha value is -1.99. The number of rotatable bonds is 4. The summed E-state index contributed by atoms with van der Waals surface area (Å²) in [4.78, 5) is 0.193. The Balaban J connectivity index is 2.37. The first kappa shape index (κ1) is 15.4. The molecule has 0 aliphatic rings. The summed E-state index contributed by atoms with van der Waals surface area (Å²) in [5.41, 5.74) is 6.73. The van der Waals surface area contributed by atoms with Crippen molar-refractivity contribution in [1.82, 2.24) is 0 Å². The van der Waals surface area contributed by atoms with E-state index in [1.54, 1.807) is 24.3 Å². The van der Waals surface area contributed by atoms with E-state index < -0.39 is 15.8 Å². The monoisotopic (exact) mass is 324 g/mol. The van der Waals surface area contributed by atoms with E-state index in [1.165, 1.54) is 19.1 Å². The summed E-state index contributed by atoms with van der Waals surface area (Å²) < 4.78 is 40.1. The average molecular weight is 324 g/mol. The highest BCUT2D eigenvalue weighted by atomic mass is 32.2. The largest absolute Gasteiger partial charge is 0.389 e. The van der Waals surface area contributed by atoms with Gasteiger partial charge in [-0.15, -0.1) is 0 Å². The van der Waals surface area contributed by atoms with E-state index in [2.05, 4.69) is 4.72 Å². The zero-order valence-electron chi connectivity index (χ0n) is 11.1. The first-order chi connectivity index (χ1) is 9.79. The highest BCUT2D eigenvalue weighted by molar-refractivity contribution is 7.92. The van der Waals surface area contributed by atoms with E-state index in [0.29, 0.717) is 16.8 Å². The fraction of sp³-hybridized carbons (Fsp3) is 0.0714. The molecule has 3 N–H and O–H groups in total. The number of benzene rings is 2. The van der Waals surface area contributed by atoms with Crippen molar-refractivity contribution in [3.63, 3.8) is 0 Å². The van der Waals surface area contributed by atoms with Gasteiger partial charge in [0.1, 0.15) is 10.8 Å². The van der Waals surface area contributed by atoms with Crippen LogP contribution in [-0.2, 0) is 10.0 Å². The molecule has 0 aromatic heterocycles. The van der Waals surface area contributed by atoms with Crippen LogP contribution in [0.4, 0.5) is 10.1 Å². The molecule has 21 heavy (non-hydrogen) atoms. The first-order valence-electron chi connectivity index (χ1n) is 5.98. The molecule has 0 atom stereocenters. The van der Waals surface area contributed by atoms with Gasteiger partial charge in [-0.2, -0.15) is 0 Å². The zero-order valence-corrected chi connectivity index (χ0v) is 12.8. The van der Waals surface area contributed by atoms with Crippen LogP contribution in [0.2, 0.25) is 0 Å². The molecule has 0 saturated carbocycles. The highest BCUT2D eigenvalue weighted by Gasteiger charge is 2.17. The van der Waals surface area contributed by atoms with Crippen molar-refractivity contribution in [2.45, 2.75) is 11.8 Å². The lowest BCUT2D eigenvalue weighted by Gasteiger charge is -2.11. The SMILES string of the molecule is Cc1cc(F)ccc1S(=O)(=O)Nc1cccc(C(N)=S)c1. The van der Waals surface area contributed by atoms with Crippen LogP contribution in [0.3, 0.4) is 0 Å². The minimum atomic E-state index is -3.80. The quantitative estimate of drug-likeness (QED) is 0.848. The average Bonchev–Trinajstić information content (AvgIpc) is 2.37. The summed E-state index contributed by atoms with van der Waals surface area (Å²) in [6, 6.07) is 9.95. The molecule has 0 unspecified atom stereocenters. The Bertz CT molecular complexity index is 804. The van der Waals surface area contributed by atoms with Crippen molar-refractivity contribution < 1.29 is 12.8 Å². The molecule has 0 aliphatic carbocycles. The van der Waals surface area contributed by atoms with Crippen molar-refractivity contribution in [1.29, 1.82) is 0 Å². The van der Waals surface area contributed by atoms with Gasteiger partial charge in [-0.1, -0.05) is 24.4 Å². The molecule has 2 rings (SSSR count). The van der Waals surface area contributed by atoms with Gasteiger partial charge in [0.2, 0.25) is 0 Å². The second kappa shape index (κ2) is 5.79. The number of hydrogen-bond donors (Lipinski definition) is 2. The molecule has 110 valence electrons. The Labute approximate surface area is 127 Å². The number of aryl methyl sites for hydroxylation is 1. The molecule has 0 saturated heterocycles. The lowest BCUT2D eigenvalue weighted by atomic mass is 10.2. The zero-order chi connectivity index (χ0) is 15.6. The summed E-state index contributed by atoms with van der Waals surface area (Å²) in [7, 11) is -3.80. The molecule has 4 nitrogen and oxygen atoms in total. The minimum Gasteiger partial charge on any atom is -0.389 e. The number of halogens is 1. The summed E-state index contributed by atoms with van der Waals surface area (Å²) in [5.74, 6) is -0.484. The van der Waals surface area contributed by atoms with Crippen molar-refractivity contribution in [2.75, 3.05) is 4.72 Å². The predicted octanol–water partition coefficient (Wildman–Crippen LogP) is 2.57. The van der Waals surface area contributed by atoms with Crippen LogP contribution in [0.5, 0.6) is 0 Å². The van der Waals surface area contributed by atoms with Crippen LogP contribution in [-0.4, -0.2) is 13.4 Å². The molecule has 2 aromatic carbocycles. The second-order valence-electron chi connectivity index (χ2n) is 4.46. The Kier molecular flexibility index (Phi) is 4.24. The van der Waals surface area contributed by atoms with E-state index in [-0.39, 0.29) is 9.88 Å². The molecule has 0 aliphatic heterocycles. The Morgan fingerprint density at radius 2 is 1.95 bits per heavy atom. The van der Waals surface area contributed by atoms with Gasteiger partial charge in [0, 0.05) is 11.3 Å². The number of nitrogens with one attached hydrogen (secondary N) is 1. The number of thiocarbonyl (C=S) groups is 1. The molecule has 0 radical (unpaired) electrons. The fourth-order valence-electron chi connectivity index (χ4n) is 1.86. The Morgan fingerprint density at radius 1 is 1.24 bits per heavy atom. The lowest BCUT2D eigenvalue weighted by Crippen LogP contribution is -2.15. The lowest BCUT2D eigenvalue weighted by molar-refractivity contribution is 0.598. The van der Waals surface area contributed by atoms with Crippen molar-refractivity contribution >= 4 is 32.9 Å². The summed E-state index contributed by atoms with van der Waals surface area (Å²) >= 11 is 4.85. The highest BCUT2D eigenvalue weighted by Crippen LogP contribution is 2.20. The van der Waals surface area contributed by atoms with Gasteiger partial charge in [0.15, 0.2) is 0 Å². The molecule has 0 bridgehead atoms. The van der Waals surface area contributed by atoms with Crippen molar-refractivity contribution in [2.24, 2.45) is 5.73 Å². The normalized spacial score (nSPS) is 11.1. The van der Waals surface area contributed by atoms with E-state index in [4.69, 9.17) is 18.0 Å². The van der Waals surface area contributed by atoms with E-state index in [0.717, 1.165) is 6.07 Å². The maximum atomic E-state index is 13.1. The third-order valence-corrected chi connectivity index (χ3v) is 4.60. The van der Waals surface area contributed by atoms with Gasteiger partial charge in [0.25, 0.3) is 10.0 Å². The van der Waals surface area contributed by atoms with Gasteiger partial charge in [0.05, 0.1) is 4.90 Å². The molecule has 7 heteroatoms. The molecule has 0 amide bonds. The van der Waals surface area contributed by atoms with Gasteiger partial charge in [-0.3, -0.25) is 4.72 Å².